The maximum atomic E-state index is 12.8. The largest absolute Gasteiger partial charge is 0.506 e. The smallest absolute Gasteiger partial charge is 0.325 e. The van der Waals surface area contributed by atoms with Gasteiger partial charge in [-0.15, -0.1) is 0 Å². The summed E-state index contributed by atoms with van der Waals surface area (Å²) in [6, 6.07) is 4.34. The zero-order chi connectivity index (χ0) is 18.2. The van der Waals surface area contributed by atoms with E-state index >= 15 is 0 Å². The summed E-state index contributed by atoms with van der Waals surface area (Å²) >= 11 is 0. The quantitative estimate of drug-likeness (QED) is 0.577. The van der Waals surface area contributed by atoms with E-state index in [2.05, 4.69) is 10.6 Å². The Morgan fingerprint density at radius 3 is 2.84 bits per heavy atom. The Labute approximate surface area is 146 Å². The van der Waals surface area contributed by atoms with Gasteiger partial charge >= 0.3 is 6.03 Å². The fourth-order valence-electron chi connectivity index (χ4n) is 3.72. The van der Waals surface area contributed by atoms with E-state index in [0.717, 1.165) is 29.7 Å². The number of benzene rings is 1. The van der Waals surface area contributed by atoms with Crippen molar-refractivity contribution in [1.29, 1.82) is 0 Å². The van der Waals surface area contributed by atoms with Crippen molar-refractivity contribution in [3.8, 4) is 5.75 Å². The first-order valence-electron chi connectivity index (χ1n) is 8.57. The Morgan fingerprint density at radius 2 is 2.16 bits per heavy atom. The Balaban J connectivity index is 1.71. The van der Waals surface area contributed by atoms with Crippen LogP contribution in [0.5, 0.6) is 5.75 Å². The molecule has 1 aliphatic heterocycles. The molecule has 4 amide bonds. The summed E-state index contributed by atoms with van der Waals surface area (Å²) in [5, 5.41) is 15.2. The summed E-state index contributed by atoms with van der Waals surface area (Å²) in [4.78, 5) is 38.3. The molecule has 1 saturated heterocycles. The van der Waals surface area contributed by atoms with Crippen LogP contribution in [0.4, 0.5) is 10.5 Å². The Morgan fingerprint density at radius 1 is 1.40 bits per heavy atom. The van der Waals surface area contributed by atoms with Gasteiger partial charge in [0.05, 0.1) is 5.69 Å². The van der Waals surface area contributed by atoms with Gasteiger partial charge in [-0.25, -0.2) is 4.79 Å². The molecule has 2 fully saturated rings. The lowest BCUT2D eigenvalue weighted by molar-refractivity contribution is -0.136. The predicted molar refractivity (Wildman–Crippen MR) is 92.1 cm³/mol. The van der Waals surface area contributed by atoms with E-state index in [-0.39, 0.29) is 29.8 Å². The number of nitrogens with one attached hydrogen (secondary N) is 2. The van der Waals surface area contributed by atoms with Crippen LogP contribution < -0.4 is 10.6 Å². The first-order valence-corrected chi connectivity index (χ1v) is 8.57. The van der Waals surface area contributed by atoms with E-state index in [0.29, 0.717) is 6.42 Å². The minimum atomic E-state index is -0.873. The first kappa shape index (κ1) is 17.3. The van der Waals surface area contributed by atoms with Crippen LogP contribution in [0, 0.1) is 12.8 Å². The molecule has 3 N–H and O–H groups in total. The van der Waals surface area contributed by atoms with Crippen molar-refractivity contribution in [2.75, 3.05) is 11.9 Å². The average Bonchev–Trinajstić information content (AvgIpc) is 2.78. The zero-order valence-corrected chi connectivity index (χ0v) is 14.5. The molecule has 7 heteroatoms. The molecule has 2 atom stereocenters. The molecule has 7 nitrogen and oxygen atoms in total. The third-order valence-corrected chi connectivity index (χ3v) is 5.23. The van der Waals surface area contributed by atoms with Gasteiger partial charge in [-0.3, -0.25) is 14.5 Å². The third kappa shape index (κ3) is 3.06. The number of phenolic OH excluding ortho intramolecular Hbond substituents is 1. The van der Waals surface area contributed by atoms with Gasteiger partial charge in [0.1, 0.15) is 17.8 Å². The van der Waals surface area contributed by atoms with Crippen LogP contribution in [0.15, 0.2) is 18.2 Å². The van der Waals surface area contributed by atoms with Crippen LogP contribution in [0.1, 0.15) is 38.2 Å². The van der Waals surface area contributed by atoms with Crippen LogP contribution in [0.25, 0.3) is 0 Å². The number of aromatic hydroxyl groups is 1. The van der Waals surface area contributed by atoms with Gasteiger partial charge in [-0.05, 0) is 43.4 Å². The highest BCUT2D eigenvalue weighted by Crippen LogP contribution is 2.38. The topological polar surface area (TPSA) is 98.7 Å². The number of nitrogens with zero attached hydrogens (tertiary/aromatic N) is 1. The molecule has 3 rings (SSSR count). The molecule has 1 aromatic rings. The van der Waals surface area contributed by atoms with E-state index in [1.807, 2.05) is 13.8 Å². The second kappa shape index (κ2) is 6.38. The van der Waals surface area contributed by atoms with Gasteiger partial charge in [0.25, 0.3) is 5.91 Å². The number of carbonyl (C=O) groups is 3. The number of hydrogen-bond donors (Lipinski definition) is 3. The molecular formula is C18H23N3O4. The van der Waals surface area contributed by atoms with Crippen LogP contribution in [0.2, 0.25) is 0 Å². The number of anilines is 1. The van der Waals surface area contributed by atoms with Crippen molar-refractivity contribution in [2.24, 2.45) is 5.92 Å². The van der Waals surface area contributed by atoms with E-state index in [4.69, 9.17) is 0 Å². The number of rotatable bonds is 3. The maximum Gasteiger partial charge on any atom is 0.325 e. The van der Waals surface area contributed by atoms with Crippen molar-refractivity contribution < 1.29 is 19.5 Å². The third-order valence-electron chi connectivity index (χ3n) is 5.23. The molecule has 0 unspecified atom stereocenters. The highest BCUT2D eigenvalue weighted by molar-refractivity contribution is 6.10. The van der Waals surface area contributed by atoms with Crippen molar-refractivity contribution in [1.82, 2.24) is 10.2 Å². The molecule has 1 spiro atoms. The summed E-state index contributed by atoms with van der Waals surface area (Å²) in [6.45, 7) is 3.42. The normalized spacial score (nSPS) is 26.0. The van der Waals surface area contributed by atoms with Gasteiger partial charge in [0, 0.05) is 0 Å². The number of phenols is 1. The zero-order valence-electron chi connectivity index (χ0n) is 14.5. The molecule has 0 aromatic heterocycles. The number of amides is 4. The number of imide groups is 1. The molecule has 1 aliphatic carbocycles. The molecule has 1 heterocycles. The van der Waals surface area contributed by atoms with Crippen LogP contribution in [-0.4, -0.2) is 39.9 Å². The van der Waals surface area contributed by atoms with E-state index in [9.17, 15) is 19.5 Å². The van der Waals surface area contributed by atoms with Gasteiger partial charge in [-0.2, -0.15) is 0 Å². The fraction of sp³-hybridized carbons (Fsp3) is 0.500. The monoisotopic (exact) mass is 345 g/mol. The fourth-order valence-corrected chi connectivity index (χ4v) is 3.72. The molecule has 2 aliphatic rings. The van der Waals surface area contributed by atoms with Crippen molar-refractivity contribution in [3.05, 3.63) is 23.8 Å². The maximum absolute atomic E-state index is 12.8. The predicted octanol–water partition coefficient (Wildman–Crippen LogP) is 2.14. The van der Waals surface area contributed by atoms with E-state index in [1.54, 1.807) is 12.1 Å². The number of hydrogen-bond acceptors (Lipinski definition) is 4. The molecule has 134 valence electrons. The first-order chi connectivity index (χ1) is 11.8. The SMILES string of the molecule is Cc1ccc(NC(=O)CN2C(=O)N[C@@]3(CCCC[C@H]3C)C2=O)c(O)c1. The second-order valence-corrected chi connectivity index (χ2v) is 7.01. The van der Waals surface area contributed by atoms with Crippen molar-refractivity contribution >= 4 is 23.5 Å². The Kier molecular flexibility index (Phi) is 4.41. The van der Waals surface area contributed by atoms with Crippen LogP contribution in [-0.2, 0) is 9.59 Å². The minimum absolute atomic E-state index is 0.0481. The second-order valence-electron chi connectivity index (χ2n) is 7.01. The van der Waals surface area contributed by atoms with Gasteiger partial charge in [0.15, 0.2) is 0 Å². The highest BCUT2D eigenvalue weighted by Gasteiger charge is 2.55. The van der Waals surface area contributed by atoms with Crippen LogP contribution >= 0.6 is 0 Å². The lowest BCUT2D eigenvalue weighted by Gasteiger charge is -2.36. The van der Waals surface area contributed by atoms with Crippen LogP contribution in [0.3, 0.4) is 0 Å². The lowest BCUT2D eigenvalue weighted by Crippen LogP contribution is -2.54. The minimum Gasteiger partial charge on any atom is -0.506 e. The molecule has 1 aromatic carbocycles. The summed E-state index contributed by atoms with van der Waals surface area (Å²) < 4.78 is 0. The number of carbonyl (C=O) groups excluding carboxylic acids is 3. The number of aryl methyl sites for hydroxylation is 1. The Hall–Kier alpha value is -2.57. The number of urea groups is 1. The van der Waals surface area contributed by atoms with E-state index in [1.165, 1.54) is 6.07 Å². The van der Waals surface area contributed by atoms with E-state index < -0.39 is 17.5 Å². The van der Waals surface area contributed by atoms with Crippen molar-refractivity contribution in [2.45, 2.75) is 45.1 Å². The summed E-state index contributed by atoms with van der Waals surface area (Å²) in [7, 11) is 0. The lowest BCUT2D eigenvalue weighted by atomic mass is 9.73. The van der Waals surface area contributed by atoms with Gasteiger partial charge in [-0.1, -0.05) is 25.8 Å². The molecule has 0 bridgehead atoms. The van der Waals surface area contributed by atoms with Gasteiger partial charge in [0.2, 0.25) is 5.91 Å². The Bertz CT molecular complexity index is 733. The summed E-state index contributed by atoms with van der Waals surface area (Å²) in [6.07, 6.45) is 3.41. The summed E-state index contributed by atoms with van der Waals surface area (Å²) in [5.41, 5.74) is 0.239. The average molecular weight is 345 g/mol. The standard InChI is InChI=1S/C18H23N3O4/c1-11-6-7-13(14(22)9-11)19-15(23)10-21-16(24)18(20-17(21)25)8-4-3-5-12(18)2/h6-7,9,12,22H,3-5,8,10H2,1-2H3,(H,19,23)(H,20,25)/t12-,18-/m1/s1. The molecule has 1 saturated carbocycles. The molecule has 25 heavy (non-hydrogen) atoms. The van der Waals surface area contributed by atoms with Crippen molar-refractivity contribution in [3.63, 3.8) is 0 Å². The summed E-state index contributed by atoms with van der Waals surface area (Å²) in [5.74, 6) is -0.856. The highest BCUT2D eigenvalue weighted by atomic mass is 16.3. The molecular weight excluding hydrogens is 322 g/mol. The van der Waals surface area contributed by atoms with Gasteiger partial charge < -0.3 is 15.7 Å². The molecule has 0 radical (unpaired) electrons.